The van der Waals surface area contributed by atoms with Crippen molar-refractivity contribution in [3.63, 3.8) is 0 Å². The van der Waals surface area contributed by atoms with Crippen LogP contribution in [0.15, 0.2) is 52.5 Å². The Morgan fingerprint density at radius 2 is 1.88 bits per heavy atom. The first-order valence-corrected chi connectivity index (χ1v) is 14.5. The standard InChI is InChI=1S/C29H34N2O5.C4H11N/c1-3-4-6-11-27(32)31-16-14-22-12-13-23(19-24(22)28(31)29(33)34)35-17-15-25-20(2)36-26(30-25)18-21-9-7-5-8-10-21;1-4(2,3)5/h3-4,6,11-13,18-19,28H,5,7-10,14-17H2,1-2H3,(H,33,34);5H2,1-3H3. The van der Waals surface area contributed by atoms with Crippen molar-refractivity contribution in [1.29, 1.82) is 0 Å². The normalized spacial score (nSPS) is 17.3. The molecule has 1 aromatic heterocycles. The maximum Gasteiger partial charge on any atom is 0.331 e. The molecule has 222 valence electrons. The summed E-state index contributed by atoms with van der Waals surface area (Å²) < 4.78 is 11.8. The maximum absolute atomic E-state index is 12.7. The van der Waals surface area contributed by atoms with Gasteiger partial charge in [-0.15, -0.1) is 0 Å². The lowest BCUT2D eigenvalue weighted by Gasteiger charge is -2.34. The number of ether oxygens (including phenoxy) is 1. The summed E-state index contributed by atoms with van der Waals surface area (Å²) in [4.78, 5) is 30.9. The van der Waals surface area contributed by atoms with E-state index in [0.717, 1.165) is 29.9 Å². The van der Waals surface area contributed by atoms with E-state index >= 15 is 0 Å². The number of aliphatic carboxylic acids is 1. The van der Waals surface area contributed by atoms with Gasteiger partial charge in [0.05, 0.1) is 12.3 Å². The molecule has 1 atom stereocenters. The van der Waals surface area contributed by atoms with Crippen LogP contribution in [0.1, 0.15) is 94.3 Å². The highest BCUT2D eigenvalue weighted by molar-refractivity contribution is 5.92. The lowest BCUT2D eigenvalue weighted by Crippen LogP contribution is -2.42. The molecule has 0 spiro atoms. The summed E-state index contributed by atoms with van der Waals surface area (Å²) in [5.41, 5.74) is 9.13. The molecule has 1 amide bonds. The monoisotopic (exact) mass is 563 g/mol. The zero-order valence-corrected chi connectivity index (χ0v) is 25.1. The number of allylic oxidation sites excluding steroid dienone is 4. The van der Waals surface area contributed by atoms with Crippen molar-refractivity contribution in [2.24, 2.45) is 5.73 Å². The van der Waals surface area contributed by atoms with Crippen LogP contribution >= 0.6 is 0 Å². The second kappa shape index (κ2) is 14.8. The van der Waals surface area contributed by atoms with Crippen molar-refractivity contribution < 1.29 is 23.8 Å². The third-order valence-electron chi connectivity index (χ3n) is 6.75. The van der Waals surface area contributed by atoms with Crippen molar-refractivity contribution in [3.8, 4) is 5.75 Å². The van der Waals surface area contributed by atoms with Crippen LogP contribution in [0.4, 0.5) is 0 Å². The van der Waals surface area contributed by atoms with E-state index in [-0.39, 0.29) is 11.4 Å². The molecule has 0 radical (unpaired) electrons. The van der Waals surface area contributed by atoms with E-state index in [9.17, 15) is 14.7 Å². The largest absolute Gasteiger partial charge is 0.493 e. The number of aryl methyl sites for hydroxylation is 1. The first-order valence-electron chi connectivity index (χ1n) is 14.5. The molecule has 1 unspecified atom stereocenters. The number of fused-ring (bicyclic) bond motifs is 1. The number of carbonyl (C=O) groups excluding carboxylic acids is 1. The fourth-order valence-electron chi connectivity index (χ4n) is 4.87. The van der Waals surface area contributed by atoms with Gasteiger partial charge in [0.2, 0.25) is 11.8 Å². The number of carboxylic acid groups (broad SMARTS) is 1. The van der Waals surface area contributed by atoms with Crippen LogP contribution in [0.2, 0.25) is 0 Å². The number of aromatic nitrogens is 1. The number of rotatable bonds is 8. The van der Waals surface area contributed by atoms with Gasteiger partial charge in [0.25, 0.3) is 0 Å². The zero-order valence-electron chi connectivity index (χ0n) is 25.1. The quantitative estimate of drug-likeness (QED) is 0.284. The number of hydrogen-bond acceptors (Lipinski definition) is 6. The lowest BCUT2D eigenvalue weighted by atomic mass is 9.92. The van der Waals surface area contributed by atoms with Crippen molar-refractivity contribution in [2.45, 2.75) is 91.1 Å². The van der Waals surface area contributed by atoms with E-state index in [1.807, 2.05) is 52.8 Å². The summed E-state index contributed by atoms with van der Waals surface area (Å²) in [6.07, 6.45) is 15.8. The molecule has 1 aromatic carbocycles. The predicted molar refractivity (Wildman–Crippen MR) is 162 cm³/mol. The van der Waals surface area contributed by atoms with Gasteiger partial charge in [-0.3, -0.25) is 4.79 Å². The van der Waals surface area contributed by atoms with Crippen LogP contribution in [0.3, 0.4) is 0 Å². The smallest absolute Gasteiger partial charge is 0.331 e. The highest BCUT2D eigenvalue weighted by Gasteiger charge is 2.35. The zero-order chi connectivity index (χ0) is 30.0. The molecule has 2 heterocycles. The van der Waals surface area contributed by atoms with Crippen LogP contribution in [0.5, 0.6) is 5.75 Å². The van der Waals surface area contributed by atoms with Gasteiger partial charge >= 0.3 is 5.97 Å². The van der Waals surface area contributed by atoms with Crippen molar-refractivity contribution in [2.75, 3.05) is 13.2 Å². The average molecular weight is 564 g/mol. The van der Waals surface area contributed by atoms with Crippen LogP contribution < -0.4 is 10.5 Å². The molecule has 1 fully saturated rings. The fourth-order valence-corrected chi connectivity index (χ4v) is 4.87. The third kappa shape index (κ3) is 10.0. The van der Waals surface area contributed by atoms with Crippen LogP contribution in [-0.2, 0) is 22.4 Å². The number of nitrogens with two attached hydrogens (primary N) is 1. The molecule has 1 aliphatic carbocycles. The number of hydrogen-bond donors (Lipinski definition) is 2. The van der Waals surface area contributed by atoms with Crippen molar-refractivity contribution >= 4 is 18.0 Å². The summed E-state index contributed by atoms with van der Waals surface area (Å²) in [6.45, 7) is 10.4. The van der Waals surface area contributed by atoms with Gasteiger partial charge in [-0.1, -0.05) is 36.3 Å². The Morgan fingerprint density at radius 1 is 1.17 bits per heavy atom. The predicted octanol–water partition coefficient (Wildman–Crippen LogP) is 6.34. The van der Waals surface area contributed by atoms with E-state index in [1.54, 1.807) is 18.2 Å². The van der Waals surface area contributed by atoms with Gasteiger partial charge < -0.3 is 24.9 Å². The fraction of sp³-hybridized carbons (Fsp3) is 0.485. The molecule has 3 N–H and O–H groups in total. The van der Waals surface area contributed by atoms with Gasteiger partial charge in [0, 0.05) is 24.6 Å². The molecule has 8 heteroatoms. The molecule has 1 aliphatic heterocycles. The van der Waals surface area contributed by atoms with Crippen LogP contribution in [-0.4, -0.2) is 45.6 Å². The summed E-state index contributed by atoms with van der Waals surface area (Å²) in [6, 6.07) is 4.45. The Labute approximate surface area is 244 Å². The minimum Gasteiger partial charge on any atom is -0.493 e. The molecule has 0 bridgehead atoms. The molecule has 8 nitrogen and oxygen atoms in total. The summed E-state index contributed by atoms with van der Waals surface area (Å²) >= 11 is 0. The van der Waals surface area contributed by atoms with Crippen LogP contribution in [0, 0.1) is 6.92 Å². The summed E-state index contributed by atoms with van der Waals surface area (Å²) in [7, 11) is 0. The Morgan fingerprint density at radius 3 is 2.54 bits per heavy atom. The van der Waals surface area contributed by atoms with E-state index in [2.05, 4.69) is 11.1 Å². The number of benzene rings is 1. The highest BCUT2D eigenvalue weighted by atomic mass is 16.5. The molecule has 2 aliphatic rings. The minimum absolute atomic E-state index is 0. The minimum atomic E-state index is -1.06. The topological polar surface area (TPSA) is 119 Å². The van der Waals surface area contributed by atoms with Gasteiger partial charge in [-0.25, -0.2) is 9.78 Å². The number of oxazole rings is 1. The Bertz CT molecular complexity index is 1270. The first-order chi connectivity index (χ1) is 19.5. The van der Waals surface area contributed by atoms with Gasteiger partial charge in [-0.2, -0.15) is 0 Å². The third-order valence-corrected chi connectivity index (χ3v) is 6.75. The van der Waals surface area contributed by atoms with Gasteiger partial charge in [0.1, 0.15) is 11.5 Å². The molecular weight excluding hydrogens is 518 g/mol. The average Bonchev–Trinajstić information content (AvgIpc) is 3.25. The number of nitrogens with zero attached hydrogens (tertiary/aromatic N) is 2. The molecular formula is C33H45N3O5. The van der Waals surface area contributed by atoms with Crippen molar-refractivity contribution in [3.05, 3.63) is 76.5 Å². The SMILES string of the molecule is CC(C)(C)N.CC=CC=CC(=O)N1CCc2ccc(OCCc3nc(C=C4CCCCC4)oc3C)cc2C1C(=O)O. The van der Waals surface area contributed by atoms with Gasteiger partial charge in [0.15, 0.2) is 6.04 Å². The molecule has 0 saturated heterocycles. The summed E-state index contributed by atoms with van der Waals surface area (Å²) in [5.74, 6) is 0.643. The second-order valence-corrected chi connectivity index (χ2v) is 11.7. The Balaban J connectivity index is 0.000000850. The molecule has 1 saturated carbocycles. The van der Waals surface area contributed by atoms with E-state index in [1.165, 1.54) is 35.8 Å². The molecule has 2 aromatic rings. The van der Waals surface area contributed by atoms with Crippen molar-refractivity contribution in [1.82, 2.24) is 9.88 Å². The maximum atomic E-state index is 12.7. The number of carbonyl (C=O) groups is 2. The van der Waals surface area contributed by atoms with E-state index < -0.39 is 12.0 Å². The number of carboxylic acids is 1. The molecule has 41 heavy (non-hydrogen) atoms. The second-order valence-electron chi connectivity index (χ2n) is 11.7. The first kappa shape index (κ1) is 31.9. The molecule has 4 rings (SSSR count). The Kier molecular flexibility index (Phi) is 11.5. The lowest BCUT2D eigenvalue weighted by molar-refractivity contribution is -0.149. The number of amides is 1. The summed E-state index contributed by atoms with van der Waals surface area (Å²) in [5, 5.41) is 9.95. The van der Waals surface area contributed by atoms with E-state index in [0.29, 0.717) is 43.2 Å². The van der Waals surface area contributed by atoms with E-state index in [4.69, 9.17) is 14.9 Å². The van der Waals surface area contributed by atoms with Crippen LogP contribution in [0.25, 0.3) is 6.08 Å². The highest BCUT2D eigenvalue weighted by Crippen LogP contribution is 2.33. The van der Waals surface area contributed by atoms with Gasteiger partial charge in [-0.05, 0) is 96.1 Å². The Hall–Kier alpha value is -3.65.